The van der Waals surface area contributed by atoms with Crippen molar-refractivity contribution in [2.24, 2.45) is 5.92 Å². The smallest absolute Gasteiger partial charge is 0.0164 e. The molecule has 0 heteroatoms. The molecule has 0 aliphatic heterocycles. The molecular weight excluding hydrogens is 324 g/mol. The molecule has 1 aliphatic rings. The number of benzene rings is 3. The van der Waals surface area contributed by atoms with Gasteiger partial charge in [0.05, 0.1) is 0 Å². The molecule has 0 unspecified atom stereocenters. The maximum absolute atomic E-state index is 2.42. The maximum Gasteiger partial charge on any atom is 0.0164 e. The van der Waals surface area contributed by atoms with Gasteiger partial charge in [0, 0.05) is 6.42 Å². The second-order valence-electron chi connectivity index (χ2n) is 7.83. The van der Waals surface area contributed by atoms with Crippen molar-refractivity contribution in [1.82, 2.24) is 0 Å². The number of aryl methyl sites for hydroxylation is 1. The molecule has 27 heavy (non-hydrogen) atoms. The summed E-state index contributed by atoms with van der Waals surface area (Å²) < 4.78 is 0. The summed E-state index contributed by atoms with van der Waals surface area (Å²) in [5, 5.41) is 0. The van der Waals surface area contributed by atoms with Crippen LogP contribution in [0.1, 0.15) is 43.9 Å². The van der Waals surface area contributed by atoms with E-state index in [2.05, 4.69) is 100.0 Å². The minimum atomic E-state index is 0.668. The topological polar surface area (TPSA) is 0 Å². The molecule has 0 N–H and O–H groups in total. The first-order chi connectivity index (χ1) is 13.2. The van der Waals surface area contributed by atoms with E-state index in [-0.39, 0.29) is 0 Å². The third kappa shape index (κ3) is 3.49. The Kier molecular flexibility index (Phi) is 4.99. The molecule has 3 aromatic carbocycles. The lowest BCUT2D eigenvalue weighted by atomic mass is 9.86. The van der Waals surface area contributed by atoms with E-state index in [1.54, 1.807) is 0 Å². The third-order valence-corrected chi connectivity index (χ3v) is 5.35. The van der Waals surface area contributed by atoms with Gasteiger partial charge in [-0.1, -0.05) is 99.2 Å². The Morgan fingerprint density at radius 1 is 0.778 bits per heavy atom. The van der Waals surface area contributed by atoms with Crippen LogP contribution in [0.25, 0.3) is 28.3 Å². The Hall–Kier alpha value is -2.60. The first-order valence-electron chi connectivity index (χ1n) is 10.0. The van der Waals surface area contributed by atoms with E-state index in [9.17, 15) is 0 Å². The molecule has 0 nitrogen and oxygen atoms in total. The zero-order valence-corrected chi connectivity index (χ0v) is 16.5. The number of allylic oxidation sites excluding steroid dienone is 1. The van der Waals surface area contributed by atoms with E-state index in [1.807, 2.05) is 0 Å². The zero-order valence-electron chi connectivity index (χ0n) is 16.5. The highest BCUT2D eigenvalue weighted by Crippen LogP contribution is 2.43. The average Bonchev–Trinajstić information content (AvgIpc) is 3.09. The summed E-state index contributed by atoms with van der Waals surface area (Å²) in [6.45, 7) is 6.83. The van der Waals surface area contributed by atoms with Gasteiger partial charge in [-0.15, -0.1) is 0 Å². The largest absolute Gasteiger partial charge is 0.0625 e. The summed E-state index contributed by atoms with van der Waals surface area (Å²) in [6.07, 6.45) is 6.97. The average molecular weight is 352 g/mol. The Labute approximate surface area is 163 Å². The summed E-state index contributed by atoms with van der Waals surface area (Å²) in [5.74, 6) is 0.668. The summed E-state index contributed by atoms with van der Waals surface area (Å²) in [6, 6.07) is 24.3. The minimum absolute atomic E-state index is 0.668. The van der Waals surface area contributed by atoms with Crippen molar-refractivity contribution in [3.63, 3.8) is 0 Å². The van der Waals surface area contributed by atoms with Crippen LogP contribution in [0.4, 0.5) is 0 Å². The Morgan fingerprint density at radius 3 is 2.26 bits per heavy atom. The lowest BCUT2D eigenvalue weighted by Gasteiger charge is -2.17. The lowest BCUT2D eigenvalue weighted by Crippen LogP contribution is -1.95. The van der Waals surface area contributed by atoms with Gasteiger partial charge >= 0.3 is 0 Å². The predicted molar refractivity (Wildman–Crippen MR) is 118 cm³/mol. The van der Waals surface area contributed by atoms with Crippen LogP contribution in [-0.2, 0) is 6.42 Å². The van der Waals surface area contributed by atoms with Crippen LogP contribution < -0.4 is 0 Å². The second-order valence-corrected chi connectivity index (χ2v) is 7.83. The fourth-order valence-corrected chi connectivity index (χ4v) is 4.15. The van der Waals surface area contributed by atoms with E-state index in [4.69, 9.17) is 0 Å². The molecule has 0 heterocycles. The van der Waals surface area contributed by atoms with E-state index in [0.717, 1.165) is 12.8 Å². The molecule has 0 aromatic heterocycles. The molecule has 1 aliphatic carbocycles. The van der Waals surface area contributed by atoms with Crippen molar-refractivity contribution < 1.29 is 0 Å². The van der Waals surface area contributed by atoms with Gasteiger partial charge in [0.15, 0.2) is 0 Å². The second kappa shape index (κ2) is 7.56. The molecule has 0 bridgehead atoms. The number of rotatable bonds is 5. The van der Waals surface area contributed by atoms with Crippen molar-refractivity contribution in [1.29, 1.82) is 0 Å². The normalized spacial score (nSPS) is 13.0. The van der Waals surface area contributed by atoms with E-state index in [0.29, 0.717) is 5.92 Å². The molecule has 0 saturated heterocycles. The summed E-state index contributed by atoms with van der Waals surface area (Å²) in [7, 11) is 0. The standard InChI is InChI=1S/C27H27/c1-4-21-10-8-9-13-24(21)27-25(22-11-6-5-7-12-22)15-14-23-17-20(16-19(2)3)18-26(23)27/h5-15,17-19H,4,16H2,1-3H3. The molecule has 4 rings (SSSR count). The van der Waals surface area contributed by atoms with E-state index < -0.39 is 0 Å². The van der Waals surface area contributed by atoms with Crippen LogP contribution in [0.15, 0.2) is 72.3 Å². The van der Waals surface area contributed by atoms with Crippen molar-refractivity contribution >= 4 is 6.08 Å². The molecule has 0 saturated carbocycles. The van der Waals surface area contributed by atoms with Crippen LogP contribution in [0.3, 0.4) is 0 Å². The zero-order chi connectivity index (χ0) is 18.8. The van der Waals surface area contributed by atoms with Gasteiger partial charge in [-0.25, -0.2) is 0 Å². The van der Waals surface area contributed by atoms with Crippen molar-refractivity contribution in [2.75, 3.05) is 0 Å². The van der Waals surface area contributed by atoms with Crippen LogP contribution in [0, 0.1) is 12.3 Å². The van der Waals surface area contributed by atoms with Gasteiger partial charge in [-0.05, 0) is 57.7 Å². The van der Waals surface area contributed by atoms with Crippen molar-refractivity contribution in [3.05, 3.63) is 95.4 Å². The lowest BCUT2D eigenvalue weighted by molar-refractivity contribution is 0.649. The molecular formula is C27H27. The van der Waals surface area contributed by atoms with Gasteiger partial charge in [-0.3, -0.25) is 0 Å². The van der Waals surface area contributed by atoms with Crippen LogP contribution in [-0.4, -0.2) is 0 Å². The van der Waals surface area contributed by atoms with E-state index >= 15 is 0 Å². The van der Waals surface area contributed by atoms with Gasteiger partial charge in [0.25, 0.3) is 0 Å². The summed E-state index contributed by atoms with van der Waals surface area (Å²) >= 11 is 0. The first-order valence-corrected chi connectivity index (χ1v) is 10.0. The maximum atomic E-state index is 2.42. The van der Waals surface area contributed by atoms with E-state index in [1.165, 1.54) is 44.5 Å². The number of fused-ring (bicyclic) bond motifs is 1. The summed E-state index contributed by atoms with van der Waals surface area (Å²) in [5.41, 5.74) is 10.9. The molecule has 0 amide bonds. The van der Waals surface area contributed by atoms with Gasteiger partial charge in [0.2, 0.25) is 0 Å². The van der Waals surface area contributed by atoms with Crippen LogP contribution in [0.2, 0.25) is 0 Å². The highest BCUT2D eigenvalue weighted by Gasteiger charge is 2.22. The van der Waals surface area contributed by atoms with Crippen molar-refractivity contribution in [2.45, 2.75) is 33.6 Å². The third-order valence-electron chi connectivity index (χ3n) is 5.35. The quantitative estimate of drug-likeness (QED) is 0.444. The number of hydrogen-bond acceptors (Lipinski definition) is 0. The van der Waals surface area contributed by atoms with Gasteiger partial charge < -0.3 is 0 Å². The fourth-order valence-electron chi connectivity index (χ4n) is 4.15. The minimum Gasteiger partial charge on any atom is -0.0625 e. The van der Waals surface area contributed by atoms with Gasteiger partial charge in [-0.2, -0.15) is 0 Å². The van der Waals surface area contributed by atoms with Gasteiger partial charge in [0.1, 0.15) is 0 Å². The molecule has 0 spiro atoms. The molecule has 0 atom stereocenters. The Morgan fingerprint density at radius 2 is 1.52 bits per heavy atom. The molecule has 1 radical (unpaired) electrons. The monoisotopic (exact) mass is 351 g/mol. The molecule has 135 valence electrons. The summed E-state index contributed by atoms with van der Waals surface area (Å²) in [4.78, 5) is 0. The highest BCUT2D eigenvalue weighted by atomic mass is 14.3. The predicted octanol–water partition coefficient (Wildman–Crippen LogP) is 7.58. The van der Waals surface area contributed by atoms with Crippen LogP contribution in [0.5, 0.6) is 0 Å². The molecule has 3 aromatic rings. The Balaban J connectivity index is 1.97. The SMILES string of the molecule is CCc1ccccc1-c1c(-c2ccccc2)ccc2c1C=C(CC(C)C)[CH]2. The van der Waals surface area contributed by atoms with Crippen LogP contribution >= 0.6 is 0 Å². The molecule has 0 fully saturated rings. The Bertz CT molecular complexity index is 974. The highest BCUT2D eigenvalue weighted by molar-refractivity contribution is 5.94. The fraction of sp³-hybridized carbons (Fsp3) is 0.222. The van der Waals surface area contributed by atoms with Crippen molar-refractivity contribution in [3.8, 4) is 22.3 Å². The first kappa shape index (κ1) is 17.8. The number of hydrogen-bond donors (Lipinski definition) is 0.